The van der Waals surface area contributed by atoms with Crippen LogP contribution in [0.25, 0.3) is 10.9 Å². The predicted molar refractivity (Wildman–Crippen MR) is 76.9 cm³/mol. The molecule has 0 aliphatic carbocycles. The van der Waals surface area contributed by atoms with E-state index in [4.69, 9.17) is 0 Å². The molecule has 2 heteroatoms. The topological polar surface area (TPSA) is 19.0 Å². The van der Waals surface area contributed by atoms with Gasteiger partial charge in [-0.05, 0) is 44.5 Å². The van der Waals surface area contributed by atoms with Crippen LogP contribution < -0.4 is 0 Å². The Bertz CT molecular complexity index is 592. The smallest absolute Gasteiger partial charge is 0.0457 e. The number of aryl methyl sites for hydroxylation is 1. The number of hydrogen-bond donors (Lipinski definition) is 1. The van der Waals surface area contributed by atoms with Crippen LogP contribution in [0.1, 0.15) is 17.5 Å². The van der Waals surface area contributed by atoms with E-state index in [9.17, 15) is 0 Å². The third-order valence-electron chi connectivity index (χ3n) is 3.76. The van der Waals surface area contributed by atoms with Gasteiger partial charge in [0.05, 0.1) is 0 Å². The molecule has 0 saturated carbocycles. The molecule has 1 aromatic carbocycles. The first-order valence-electron chi connectivity index (χ1n) is 6.65. The Hall–Kier alpha value is -1.54. The molecule has 0 atom stereocenters. The summed E-state index contributed by atoms with van der Waals surface area (Å²) in [5, 5.41) is 1.38. The average molecular weight is 240 g/mol. The first kappa shape index (κ1) is 11.5. The molecule has 1 N–H and O–H groups in total. The minimum absolute atomic E-state index is 1.08. The first-order chi connectivity index (χ1) is 8.72. The summed E-state index contributed by atoms with van der Waals surface area (Å²) in [6.07, 6.45) is 6.84. The van der Waals surface area contributed by atoms with E-state index in [0.29, 0.717) is 0 Å². The van der Waals surface area contributed by atoms with Crippen LogP contribution in [0.15, 0.2) is 36.0 Å². The zero-order chi connectivity index (χ0) is 12.5. The van der Waals surface area contributed by atoms with Crippen molar-refractivity contribution < 1.29 is 0 Å². The fourth-order valence-corrected chi connectivity index (χ4v) is 2.79. The van der Waals surface area contributed by atoms with Gasteiger partial charge in [0, 0.05) is 30.2 Å². The molecule has 3 rings (SSSR count). The summed E-state index contributed by atoms with van der Waals surface area (Å²) in [7, 11) is 2.20. The highest BCUT2D eigenvalue weighted by molar-refractivity contribution is 5.84. The van der Waals surface area contributed by atoms with Crippen LogP contribution in [-0.2, 0) is 6.42 Å². The Morgan fingerprint density at radius 2 is 2.22 bits per heavy atom. The highest BCUT2D eigenvalue weighted by Gasteiger charge is 2.11. The maximum atomic E-state index is 3.38. The number of benzene rings is 1. The zero-order valence-electron chi connectivity index (χ0n) is 11.2. The Kier molecular flexibility index (Phi) is 2.96. The number of likely N-dealkylation sites (N-methyl/N-ethyl adjacent to an activating group) is 1. The molecular formula is C16H20N2. The normalized spacial score (nSPS) is 17.1. The quantitative estimate of drug-likeness (QED) is 0.798. The van der Waals surface area contributed by atoms with E-state index in [2.05, 4.69) is 54.3 Å². The predicted octanol–water partition coefficient (Wildman–Crippen LogP) is 3.28. The molecule has 1 aliphatic rings. The van der Waals surface area contributed by atoms with Crippen molar-refractivity contribution in [2.45, 2.75) is 19.8 Å². The molecule has 2 aromatic rings. The molecular weight excluding hydrogens is 220 g/mol. The fraction of sp³-hybridized carbons (Fsp3) is 0.375. The van der Waals surface area contributed by atoms with Gasteiger partial charge in [-0.1, -0.05) is 23.3 Å². The Balaban J connectivity index is 1.90. The van der Waals surface area contributed by atoms with Crippen LogP contribution >= 0.6 is 0 Å². The van der Waals surface area contributed by atoms with Gasteiger partial charge in [-0.3, -0.25) is 0 Å². The Labute approximate surface area is 108 Å². The number of rotatable bonds is 2. The molecule has 1 aromatic heterocycles. The van der Waals surface area contributed by atoms with Crippen molar-refractivity contribution in [1.82, 2.24) is 9.88 Å². The van der Waals surface area contributed by atoms with E-state index in [0.717, 1.165) is 13.0 Å². The summed E-state index contributed by atoms with van der Waals surface area (Å²) in [6, 6.07) is 6.63. The van der Waals surface area contributed by atoms with Crippen molar-refractivity contribution in [2.24, 2.45) is 0 Å². The summed E-state index contributed by atoms with van der Waals surface area (Å²) in [5.41, 5.74) is 5.56. The lowest BCUT2D eigenvalue weighted by Gasteiger charge is -2.22. The van der Waals surface area contributed by atoms with E-state index in [1.807, 2.05) is 0 Å². The summed E-state index contributed by atoms with van der Waals surface area (Å²) in [5.74, 6) is 0. The van der Waals surface area contributed by atoms with Crippen LogP contribution in [0.3, 0.4) is 0 Å². The Morgan fingerprint density at radius 3 is 3.06 bits per heavy atom. The second-order valence-corrected chi connectivity index (χ2v) is 5.43. The maximum absolute atomic E-state index is 3.38. The molecule has 0 saturated heterocycles. The van der Waals surface area contributed by atoms with Crippen molar-refractivity contribution in [3.8, 4) is 0 Å². The van der Waals surface area contributed by atoms with Gasteiger partial charge in [-0.15, -0.1) is 0 Å². The molecule has 94 valence electrons. The van der Waals surface area contributed by atoms with Gasteiger partial charge in [-0.25, -0.2) is 0 Å². The highest BCUT2D eigenvalue weighted by Crippen LogP contribution is 2.23. The second-order valence-electron chi connectivity index (χ2n) is 5.43. The first-order valence-corrected chi connectivity index (χ1v) is 6.65. The van der Waals surface area contributed by atoms with Gasteiger partial charge in [0.25, 0.3) is 0 Å². The zero-order valence-corrected chi connectivity index (χ0v) is 11.2. The maximum Gasteiger partial charge on any atom is 0.0457 e. The van der Waals surface area contributed by atoms with Gasteiger partial charge in [-0.2, -0.15) is 0 Å². The number of aromatic amines is 1. The Morgan fingerprint density at radius 1 is 1.33 bits per heavy atom. The van der Waals surface area contributed by atoms with Crippen molar-refractivity contribution in [1.29, 1.82) is 0 Å². The number of H-pyrrole nitrogens is 1. The third kappa shape index (κ3) is 2.21. The van der Waals surface area contributed by atoms with E-state index in [1.165, 1.54) is 35.0 Å². The minimum atomic E-state index is 1.08. The second kappa shape index (κ2) is 4.62. The van der Waals surface area contributed by atoms with Crippen LogP contribution in [-0.4, -0.2) is 30.0 Å². The van der Waals surface area contributed by atoms with E-state index >= 15 is 0 Å². The monoisotopic (exact) mass is 240 g/mol. The van der Waals surface area contributed by atoms with Gasteiger partial charge in [0.2, 0.25) is 0 Å². The van der Waals surface area contributed by atoms with E-state index in [1.54, 1.807) is 5.57 Å². The number of fused-ring (bicyclic) bond motifs is 1. The summed E-state index contributed by atoms with van der Waals surface area (Å²) in [6.45, 7) is 4.46. The minimum Gasteiger partial charge on any atom is -0.361 e. The number of nitrogens with zero attached hydrogens (tertiary/aromatic N) is 1. The van der Waals surface area contributed by atoms with E-state index in [-0.39, 0.29) is 0 Å². The molecule has 0 unspecified atom stereocenters. The molecule has 0 amide bonds. The lowest BCUT2D eigenvalue weighted by molar-refractivity contribution is 0.352. The molecule has 0 spiro atoms. The fourth-order valence-electron chi connectivity index (χ4n) is 2.79. The van der Waals surface area contributed by atoms with Crippen LogP contribution in [0, 0.1) is 6.92 Å². The van der Waals surface area contributed by atoms with Crippen molar-refractivity contribution in [3.63, 3.8) is 0 Å². The molecule has 0 fully saturated rings. The summed E-state index contributed by atoms with van der Waals surface area (Å²) in [4.78, 5) is 5.77. The van der Waals surface area contributed by atoms with E-state index < -0.39 is 0 Å². The largest absolute Gasteiger partial charge is 0.361 e. The number of aromatic nitrogens is 1. The highest BCUT2D eigenvalue weighted by atomic mass is 15.1. The van der Waals surface area contributed by atoms with Gasteiger partial charge >= 0.3 is 0 Å². The number of nitrogens with one attached hydrogen (secondary N) is 1. The SMILES string of the molecule is Cc1ccc2[nH]cc(CC3=CCCN(C)C3)c2c1. The lowest BCUT2D eigenvalue weighted by Crippen LogP contribution is -2.26. The standard InChI is InChI=1S/C16H20N2/c1-12-5-6-16-15(8-12)14(10-17-16)9-13-4-3-7-18(2)11-13/h4-6,8,10,17H,3,7,9,11H2,1-2H3. The molecule has 2 nitrogen and oxygen atoms in total. The molecule has 0 bridgehead atoms. The molecule has 1 aliphatic heterocycles. The van der Waals surface area contributed by atoms with Gasteiger partial charge in [0.1, 0.15) is 0 Å². The summed E-state index contributed by atoms with van der Waals surface area (Å²) < 4.78 is 0. The summed E-state index contributed by atoms with van der Waals surface area (Å²) >= 11 is 0. The van der Waals surface area contributed by atoms with Crippen molar-refractivity contribution in [3.05, 3.63) is 47.2 Å². The third-order valence-corrected chi connectivity index (χ3v) is 3.76. The van der Waals surface area contributed by atoms with Gasteiger partial charge in [0.15, 0.2) is 0 Å². The average Bonchev–Trinajstić information content (AvgIpc) is 2.72. The van der Waals surface area contributed by atoms with Crippen molar-refractivity contribution in [2.75, 3.05) is 20.1 Å². The van der Waals surface area contributed by atoms with Crippen LogP contribution in [0.2, 0.25) is 0 Å². The van der Waals surface area contributed by atoms with Crippen LogP contribution in [0.5, 0.6) is 0 Å². The van der Waals surface area contributed by atoms with Gasteiger partial charge < -0.3 is 9.88 Å². The molecule has 18 heavy (non-hydrogen) atoms. The van der Waals surface area contributed by atoms with Crippen molar-refractivity contribution >= 4 is 10.9 Å². The molecule has 0 radical (unpaired) electrons. The lowest BCUT2D eigenvalue weighted by atomic mass is 10.0. The molecule has 2 heterocycles. The van der Waals surface area contributed by atoms with Crippen LogP contribution in [0.4, 0.5) is 0 Å². The number of hydrogen-bond acceptors (Lipinski definition) is 1.